The average molecular weight is 721 g/mol. The van der Waals surface area contributed by atoms with Gasteiger partial charge in [0.2, 0.25) is 11.8 Å². The summed E-state index contributed by atoms with van der Waals surface area (Å²) in [4.78, 5) is 49.6. The highest BCUT2D eigenvalue weighted by Gasteiger charge is 2.37. The topological polar surface area (TPSA) is 131 Å². The average Bonchev–Trinajstić information content (AvgIpc) is 3.68. The lowest BCUT2D eigenvalue weighted by Crippen LogP contribution is -2.52. The van der Waals surface area contributed by atoms with Crippen molar-refractivity contribution in [1.29, 1.82) is 0 Å². The monoisotopic (exact) mass is 720 g/mol. The molecule has 5 rings (SSSR count). The molecule has 0 radical (unpaired) electrons. The lowest BCUT2D eigenvalue weighted by atomic mass is 10.0. The predicted molar refractivity (Wildman–Crippen MR) is 206 cm³/mol. The Labute approximate surface area is 313 Å². The van der Waals surface area contributed by atoms with E-state index in [0.29, 0.717) is 31.8 Å². The van der Waals surface area contributed by atoms with E-state index >= 15 is 0 Å². The van der Waals surface area contributed by atoms with Gasteiger partial charge in [-0.1, -0.05) is 94.5 Å². The molecule has 2 amide bonds. The Morgan fingerprint density at radius 3 is 1.98 bits per heavy atom. The molecule has 10 heteroatoms. The van der Waals surface area contributed by atoms with Crippen LogP contribution in [0.25, 0.3) is 22.5 Å². The number of carboxylic acids is 1. The number of amides is 2. The Balaban J connectivity index is 1.21. The molecule has 4 aromatic rings. The molecule has 53 heavy (non-hydrogen) atoms. The van der Waals surface area contributed by atoms with E-state index in [2.05, 4.69) is 29.1 Å². The highest BCUT2D eigenvalue weighted by atomic mass is 16.5. The van der Waals surface area contributed by atoms with Crippen molar-refractivity contribution in [2.45, 2.75) is 96.6 Å². The van der Waals surface area contributed by atoms with Crippen molar-refractivity contribution in [1.82, 2.24) is 20.2 Å². The van der Waals surface area contributed by atoms with Crippen LogP contribution in [0, 0.1) is 0 Å². The molecule has 3 aromatic carbocycles. The van der Waals surface area contributed by atoms with Crippen molar-refractivity contribution in [2.24, 2.45) is 0 Å². The number of likely N-dealkylation sites (tertiary alicyclic amines) is 1. The number of carbonyl (C=O) groups excluding carboxylic acids is 2. The molecule has 1 aromatic heterocycles. The summed E-state index contributed by atoms with van der Waals surface area (Å²) >= 11 is 0. The number of carbonyl (C=O) groups is 3. The van der Waals surface area contributed by atoms with Crippen LogP contribution in [0.2, 0.25) is 0 Å². The first-order chi connectivity index (χ1) is 25.8. The molecule has 1 saturated heterocycles. The van der Waals surface area contributed by atoms with E-state index in [0.717, 1.165) is 65.2 Å². The normalized spacial score (nSPS) is 14.5. The fourth-order valence-electron chi connectivity index (χ4n) is 6.45. The molecular weight excluding hydrogens is 668 g/mol. The van der Waals surface area contributed by atoms with Gasteiger partial charge in [-0.05, 0) is 66.6 Å². The Bertz CT molecular complexity index is 1740. The van der Waals surface area contributed by atoms with Gasteiger partial charge in [0.1, 0.15) is 23.6 Å². The quantitative estimate of drug-likeness (QED) is 0.0890. The van der Waals surface area contributed by atoms with Crippen LogP contribution in [0.4, 0.5) is 0 Å². The van der Waals surface area contributed by atoms with Crippen molar-refractivity contribution in [3.8, 4) is 34.0 Å². The minimum atomic E-state index is -1.04. The number of carboxylic acid groups (broad SMARTS) is 1. The number of unbranched alkanes of at least 4 members (excludes halogenated alkanes) is 5. The first-order valence-corrected chi connectivity index (χ1v) is 19.0. The van der Waals surface area contributed by atoms with Gasteiger partial charge in [-0.2, -0.15) is 0 Å². The second-order valence-electron chi connectivity index (χ2n) is 13.7. The fraction of sp³-hybridized carbons (Fsp3) is 0.419. The smallest absolute Gasteiger partial charge is 0.326 e. The van der Waals surface area contributed by atoms with E-state index < -0.39 is 24.0 Å². The van der Waals surface area contributed by atoms with Crippen LogP contribution in [0.3, 0.4) is 0 Å². The molecular formula is C43H52N4O6. The number of nitrogens with zero attached hydrogens (tertiary/aromatic N) is 3. The van der Waals surface area contributed by atoms with Gasteiger partial charge in [0.05, 0.1) is 19.6 Å². The summed E-state index contributed by atoms with van der Waals surface area (Å²) in [6.07, 6.45) is 12.9. The molecule has 1 aliphatic rings. The van der Waals surface area contributed by atoms with Gasteiger partial charge in [0.25, 0.3) is 0 Å². The third-order valence-electron chi connectivity index (χ3n) is 9.52. The van der Waals surface area contributed by atoms with Crippen LogP contribution in [0.1, 0.15) is 82.8 Å². The molecule has 0 aliphatic carbocycles. The second kappa shape index (κ2) is 20.1. The minimum Gasteiger partial charge on any atom is -0.494 e. The summed E-state index contributed by atoms with van der Waals surface area (Å²) in [7, 11) is 0. The molecule has 0 unspecified atom stereocenters. The van der Waals surface area contributed by atoms with Crippen molar-refractivity contribution in [2.75, 3.05) is 19.8 Å². The largest absolute Gasteiger partial charge is 0.494 e. The molecule has 1 fully saturated rings. The van der Waals surface area contributed by atoms with E-state index in [9.17, 15) is 19.5 Å². The van der Waals surface area contributed by atoms with Crippen molar-refractivity contribution < 1.29 is 29.0 Å². The van der Waals surface area contributed by atoms with Gasteiger partial charge in [0.15, 0.2) is 5.82 Å². The van der Waals surface area contributed by atoms with Crippen LogP contribution in [0.5, 0.6) is 11.5 Å². The van der Waals surface area contributed by atoms with Gasteiger partial charge in [-0.3, -0.25) is 9.59 Å². The zero-order valence-corrected chi connectivity index (χ0v) is 31.0. The Morgan fingerprint density at radius 1 is 0.755 bits per heavy atom. The fourth-order valence-corrected chi connectivity index (χ4v) is 6.45. The zero-order chi connectivity index (χ0) is 37.4. The highest BCUT2D eigenvalue weighted by molar-refractivity contribution is 5.91. The van der Waals surface area contributed by atoms with Crippen LogP contribution < -0.4 is 14.8 Å². The number of aromatic nitrogens is 2. The lowest BCUT2D eigenvalue weighted by Gasteiger charge is -2.27. The van der Waals surface area contributed by atoms with Crippen LogP contribution in [0.15, 0.2) is 85.2 Å². The molecule has 2 atom stereocenters. The summed E-state index contributed by atoms with van der Waals surface area (Å²) in [6, 6.07) is 21.1. The van der Waals surface area contributed by atoms with Gasteiger partial charge in [-0.15, -0.1) is 0 Å². The van der Waals surface area contributed by atoms with Gasteiger partial charge in [-0.25, -0.2) is 14.8 Å². The Morgan fingerprint density at radius 2 is 1.34 bits per heavy atom. The maximum absolute atomic E-state index is 13.8. The summed E-state index contributed by atoms with van der Waals surface area (Å²) in [6.45, 7) is 6.02. The first-order valence-electron chi connectivity index (χ1n) is 19.0. The molecule has 2 heterocycles. The van der Waals surface area contributed by atoms with Crippen LogP contribution in [-0.4, -0.2) is 69.6 Å². The highest BCUT2D eigenvalue weighted by Crippen LogP contribution is 2.25. The number of aliphatic carboxylic acids is 1. The van der Waals surface area contributed by atoms with E-state index in [1.807, 2.05) is 72.8 Å². The molecule has 2 N–H and O–H groups in total. The standard InChI is InChI=1S/C43H52N4O6/c1-3-5-7-8-9-26-53-37-22-18-33(19-23-37)35-29-44-41(45-30-35)34-16-12-31(13-17-34)27-38(42(49)47-24-10-11-39(47)43(50)51)46-40(48)28-32-14-20-36(21-15-32)52-25-6-4-2/h12-23,29-30,38-39H,3-11,24-28H2,1-2H3,(H,46,48)(H,50,51)/t38-,39-/m0/s1. The van der Waals surface area contributed by atoms with Gasteiger partial charge < -0.3 is 24.8 Å². The minimum absolute atomic E-state index is 0.0742. The molecule has 1 aliphatic heterocycles. The van der Waals surface area contributed by atoms with E-state index in [1.165, 1.54) is 30.6 Å². The predicted octanol–water partition coefficient (Wildman–Crippen LogP) is 7.68. The maximum atomic E-state index is 13.8. The van der Waals surface area contributed by atoms with Crippen molar-refractivity contribution >= 4 is 17.8 Å². The van der Waals surface area contributed by atoms with Crippen LogP contribution in [-0.2, 0) is 27.2 Å². The summed E-state index contributed by atoms with van der Waals surface area (Å²) in [5, 5.41) is 12.7. The summed E-state index contributed by atoms with van der Waals surface area (Å²) in [5.74, 6) is 0.408. The first kappa shape index (κ1) is 39.0. The number of ether oxygens (including phenoxy) is 2. The van der Waals surface area contributed by atoms with Gasteiger partial charge in [0, 0.05) is 36.5 Å². The second-order valence-corrected chi connectivity index (χ2v) is 13.7. The third kappa shape index (κ3) is 11.6. The van der Waals surface area contributed by atoms with E-state index in [4.69, 9.17) is 9.47 Å². The lowest BCUT2D eigenvalue weighted by molar-refractivity contribution is -0.149. The number of benzene rings is 3. The maximum Gasteiger partial charge on any atom is 0.326 e. The number of nitrogens with one attached hydrogen (secondary N) is 1. The molecule has 10 nitrogen and oxygen atoms in total. The molecule has 0 bridgehead atoms. The van der Waals surface area contributed by atoms with Gasteiger partial charge >= 0.3 is 5.97 Å². The SMILES string of the molecule is CCCCCCCOc1ccc(-c2cnc(-c3ccc(C[C@H](NC(=O)Cc4ccc(OCCCC)cc4)C(=O)N4CCC[C@H]4C(=O)O)cc3)nc2)cc1. The Hall–Kier alpha value is -5.25. The van der Waals surface area contributed by atoms with E-state index in [1.54, 1.807) is 12.4 Å². The third-order valence-corrected chi connectivity index (χ3v) is 9.52. The van der Waals surface area contributed by atoms with Crippen molar-refractivity contribution in [3.05, 3.63) is 96.3 Å². The summed E-state index contributed by atoms with van der Waals surface area (Å²) in [5.41, 5.74) is 4.29. The Kier molecular flexibility index (Phi) is 14.8. The zero-order valence-electron chi connectivity index (χ0n) is 31.0. The molecule has 0 spiro atoms. The molecule has 0 saturated carbocycles. The number of hydrogen-bond donors (Lipinski definition) is 2. The van der Waals surface area contributed by atoms with E-state index in [-0.39, 0.29) is 18.7 Å². The number of rotatable bonds is 20. The van der Waals surface area contributed by atoms with Crippen molar-refractivity contribution in [3.63, 3.8) is 0 Å². The van der Waals surface area contributed by atoms with Crippen LogP contribution >= 0.6 is 0 Å². The molecule has 280 valence electrons. The summed E-state index contributed by atoms with van der Waals surface area (Å²) < 4.78 is 11.6. The number of hydrogen-bond acceptors (Lipinski definition) is 7.